The number of tetrazole rings is 1. The van der Waals surface area contributed by atoms with Crippen molar-refractivity contribution in [1.29, 1.82) is 0 Å². The van der Waals surface area contributed by atoms with E-state index in [4.69, 9.17) is 11.6 Å². The monoisotopic (exact) mass is 303 g/mol. The first-order valence-electron chi connectivity index (χ1n) is 5.05. The van der Waals surface area contributed by atoms with Crippen LogP contribution in [0.2, 0.25) is 4.34 Å². The van der Waals surface area contributed by atoms with Gasteiger partial charge in [0, 0.05) is 10.6 Å². The lowest BCUT2D eigenvalue weighted by Gasteiger charge is -2.01. The van der Waals surface area contributed by atoms with Gasteiger partial charge in [0.2, 0.25) is 5.91 Å². The van der Waals surface area contributed by atoms with E-state index >= 15 is 0 Å². The van der Waals surface area contributed by atoms with Crippen LogP contribution in [0.15, 0.2) is 12.1 Å². The number of carbonyl (C=O) groups excluding carboxylic acids is 1. The Balaban J connectivity index is 1.63. The molecule has 2 aromatic rings. The summed E-state index contributed by atoms with van der Waals surface area (Å²) in [6.45, 7) is 0.292. The number of rotatable bonds is 6. The van der Waals surface area contributed by atoms with Crippen LogP contribution in [0.25, 0.3) is 0 Å². The van der Waals surface area contributed by atoms with Crippen LogP contribution in [-0.4, -0.2) is 32.3 Å². The van der Waals surface area contributed by atoms with Gasteiger partial charge in [-0.2, -0.15) is 5.21 Å². The quantitative estimate of drug-likeness (QED) is 0.844. The molecular formula is C9H10ClN5OS2. The summed E-state index contributed by atoms with van der Waals surface area (Å²) in [6, 6.07) is 3.83. The lowest BCUT2D eigenvalue weighted by Crippen LogP contribution is -2.25. The second kappa shape index (κ2) is 6.72. The molecule has 18 heavy (non-hydrogen) atoms. The number of H-pyrrole nitrogens is 1. The molecule has 0 bridgehead atoms. The second-order valence-corrected chi connectivity index (χ2v) is 6.09. The molecular weight excluding hydrogens is 294 g/mol. The Bertz CT molecular complexity index is 501. The first kappa shape index (κ1) is 13.3. The Kier molecular flexibility index (Phi) is 4.97. The number of thiophene rings is 1. The van der Waals surface area contributed by atoms with Crippen LogP contribution in [0.5, 0.6) is 0 Å². The lowest BCUT2D eigenvalue weighted by atomic mass is 10.5. The van der Waals surface area contributed by atoms with Gasteiger partial charge < -0.3 is 5.32 Å². The van der Waals surface area contributed by atoms with Crippen LogP contribution < -0.4 is 5.32 Å². The molecule has 0 saturated carbocycles. The minimum Gasteiger partial charge on any atom is -0.348 e. The average Bonchev–Trinajstić information content (AvgIpc) is 2.98. The van der Waals surface area contributed by atoms with Crippen molar-refractivity contribution in [2.24, 2.45) is 0 Å². The molecule has 0 aromatic carbocycles. The number of hydrogen-bond donors (Lipinski definition) is 2. The van der Waals surface area contributed by atoms with Crippen molar-refractivity contribution in [3.05, 3.63) is 27.2 Å². The third-order valence-corrected chi connectivity index (χ3v) is 4.33. The van der Waals surface area contributed by atoms with Gasteiger partial charge >= 0.3 is 0 Å². The Morgan fingerprint density at radius 2 is 2.44 bits per heavy atom. The highest BCUT2D eigenvalue weighted by molar-refractivity contribution is 7.99. The Morgan fingerprint density at radius 1 is 1.56 bits per heavy atom. The molecule has 0 unspecified atom stereocenters. The van der Waals surface area contributed by atoms with E-state index in [0.29, 0.717) is 18.1 Å². The van der Waals surface area contributed by atoms with Crippen LogP contribution in [0, 0.1) is 0 Å². The van der Waals surface area contributed by atoms with Gasteiger partial charge in [-0.05, 0) is 12.1 Å². The number of carbonyl (C=O) groups is 1. The number of amides is 1. The van der Waals surface area contributed by atoms with E-state index in [0.717, 1.165) is 15.0 Å². The summed E-state index contributed by atoms with van der Waals surface area (Å²) in [7, 11) is 0. The molecule has 0 aliphatic carbocycles. The number of halogens is 1. The maximum Gasteiger partial charge on any atom is 0.230 e. The molecule has 0 aliphatic heterocycles. The van der Waals surface area contributed by atoms with Crippen molar-refractivity contribution in [2.75, 3.05) is 5.75 Å². The summed E-state index contributed by atoms with van der Waals surface area (Å²) < 4.78 is 0.771. The highest BCUT2D eigenvalue weighted by Gasteiger charge is 2.05. The molecule has 0 atom stereocenters. The van der Waals surface area contributed by atoms with Gasteiger partial charge in [0.15, 0.2) is 5.82 Å². The zero-order valence-corrected chi connectivity index (χ0v) is 11.6. The number of thioether (sulfide) groups is 1. The summed E-state index contributed by atoms with van der Waals surface area (Å²) in [5, 5.41) is 15.9. The SMILES string of the molecule is O=C(CSCc1ccc(Cl)s1)NCc1nn[nH]n1. The van der Waals surface area contributed by atoms with Crippen molar-refractivity contribution < 1.29 is 4.79 Å². The van der Waals surface area contributed by atoms with Crippen molar-refractivity contribution in [3.63, 3.8) is 0 Å². The van der Waals surface area contributed by atoms with Crippen molar-refractivity contribution >= 4 is 40.6 Å². The van der Waals surface area contributed by atoms with Crippen LogP contribution in [0.3, 0.4) is 0 Å². The highest BCUT2D eigenvalue weighted by atomic mass is 35.5. The third-order valence-electron chi connectivity index (χ3n) is 1.94. The number of nitrogens with zero attached hydrogens (tertiary/aromatic N) is 3. The number of aromatic amines is 1. The van der Waals surface area contributed by atoms with E-state index in [9.17, 15) is 4.79 Å². The zero-order valence-electron chi connectivity index (χ0n) is 9.22. The molecule has 2 aromatic heterocycles. The van der Waals surface area contributed by atoms with Gasteiger partial charge in [-0.1, -0.05) is 16.8 Å². The lowest BCUT2D eigenvalue weighted by molar-refractivity contribution is -0.118. The summed E-state index contributed by atoms with van der Waals surface area (Å²) >= 11 is 8.89. The smallest absolute Gasteiger partial charge is 0.230 e. The Labute approximate surface area is 116 Å². The summed E-state index contributed by atoms with van der Waals surface area (Å²) in [5.41, 5.74) is 0. The van der Waals surface area contributed by atoms with Crippen LogP contribution in [-0.2, 0) is 17.1 Å². The van der Waals surface area contributed by atoms with Crippen LogP contribution in [0.4, 0.5) is 0 Å². The first-order valence-corrected chi connectivity index (χ1v) is 7.40. The van der Waals surface area contributed by atoms with E-state index in [2.05, 4.69) is 25.9 Å². The molecule has 0 aliphatic rings. The molecule has 96 valence electrons. The molecule has 2 heterocycles. The molecule has 1 amide bonds. The van der Waals surface area contributed by atoms with Gasteiger partial charge in [0.25, 0.3) is 0 Å². The van der Waals surface area contributed by atoms with E-state index < -0.39 is 0 Å². The van der Waals surface area contributed by atoms with Gasteiger partial charge in [0.05, 0.1) is 16.6 Å². The van der Waals surface area contributed by atoms with E-state index in [1.807, 2.05) is 12.1 Å². The Morgan fingerprint density at radius 3 is 3.11 bits per heavy atom. The van der Waals surface area contributed by atoms with Gasteiger partial charge in [-0.25, -0.2) is 0 Å². The molecule has 2 rings (SSSR count). The summed E-state index contributed by atoms with van der Waals surface area (Å²) in [4.78, 5) is 12.7. The number of nitrogens with one attached hydrogen (secondary N) is 2. The zero-order chi connectivity index (χ0) is 12.8. The standard InChI is InChI=1S/C9H10ClN5OS2/c10-7-2-1-6(18-7)4-17-5-9(16)11-3-8-12-14-15-13-8/h1-2H,3-5H2,(H,11,16)(H,12,13,14,15). The van der Waals surface area contributed by atoms with Crippen molar-refractivity contribution in [2.45, 2.75) is 12.3 Å². The summed E-state index contributed by atoms with van der Waals surface area (Å²) in [6.07, 6.45) is 0. The molecule has 0 spiro atoms. The van der Waals surface area contributed by atoms with Crippen LogP contribution in [0.1, 0.15) is 10.7 Å². The minimum atomic E-state index is -0.0487. The van der Waals surface area contributed by atoms with E-state index in [1.54, 1.807) is 11.8 Å². The minimum absolute atomic E-state index is 0.0487. The maximum atomic E-state index is 11.5. The third kappa shape index (κ3) is 4.28. The van der Waals surface area contributed by atoms with E-state index in [-0.39, 0.29) is 5.91 Å². The Hall–Kier alpha value is -1.12. The predicted molar refractivity (Wildman–Crippen MR) is 71.5 cm³/mol. The fraction of sp³-hybridized carbons (Fsp3) is 0.333. The predicted octanol–water partition coefficient (Wildman–Crippen LogP) is 1.46. The first-order chi connectivity index (χ1) is 8.74. The second-order valence-electron chi connectivity index (χ2n) is 3.30. The highest BCUT2D eigenvalue weighted by Crippen LogP contribution is 2.24. The van der Waals surface area contributed by atoms with Gasteiger partial charge in [-0.3, -0.25) is 4.79 Å². The molecule has 0 saturated heterocycles. The van der Waals surface area contributed by atoms with E-state index in [1.165, 1.54) is 11.3 Å². The molecule has 9 heteroatoms. The maximum absolute atomic E-state index is 11.5. The summed E-state index contributed by atoms with van der Waals surface area (Å²) in [5.74, 6) is 1.60. The number of aromatic nitrogens is 4. The van der Waals surface area contributed by atoms with Crippen molar-refractivity contribution in [1.82, 2.24) is 25.9 Å². The fourth-order valence-corrected chi connectivity index (χ4v) is 3.22. The molecule has 6 nitrogen and oxygen atoms in total. The van der Waals surface area contributed by atoms with Gasteiger partial charge in [0.1, 0.15) is 0 Å². The van der Waals surface area contributed by atoms with Crippen molar-refractivity contribution in [3.8, 4) is 0 Å². The number of hydrogen-bond acceptors (Lipinski definition) is 6. The average molecular weight is 304 g/mol. The van der Waals surface area contributed by atoms with Gasteiger partial charge in [-0.15, -0.1) is 33.3 Å². The largest absolute Gasteiger partial charge is 0.348 e. The molecule has 2 N–H and O–H groups in total. The molecule has 0 fully saturated rings. The van der Waals surface area contributed by atoms with Crippen LogP contribution >= 0.6 is 34.7 Å². The normalized spacial score (nSPS) is 10.5. The molecule has 0 radical (unpaired) electrons. The topological polar surface area (TPSA) is 83.6 Å². The fourth-order valence-electron chi connectivity index (χ4n) is 1.16.